The minimum atomic E-state index is -1.57. The molecule has 268 valence electrons. The van der Waals surface area contributed by atoms with E-state index in [1.54, 1.807) is 0 Å². The largest absolute Gasteiger partial charge is 0.467 e. The van der Waals surface area contributed by atoms with E-state index in [1.807, 2.05) is 6.08 Å². The second-order valence-corrected chi connectivity index (χ2v) is 12.0. The molecule has 1 aliphatic carbocycles. The highest BCUT2D eigenvalue weighted by atomic mass is 16.8. The van der Waals surface area contributed by atoms with Gasteiger partial charge in [-0.1, -0.05) is 0 Å². The third kappa shape index (κ3) is 8.69. The summed E-state index contributed by atoms with van der Waals surface area (Å²) >= 11 is 0. The molecule has 1 saturated carbocycles. The Balaban J connectivity index is 1.50. The van der Waals surface area contributed by atoms with E-state index in [0.717, 1.165) is 0 Å². The van der Waals surface area contributed by atoms with Gasteiger partial charge in [-0.15, -0.1) is 0 Å². The van der Waals surface area contributed by atoms with Crippen molar-refractivity contribution in [2.45, 2.75) is 111 Å². The molecule has 0 aromatic carbocycles. The number of hydrogen-bond acceptors (Lipinski definition) is 19. The maximum absolute atomic E-state index is 11.4. The predicted octanol–water partition coefficient (Wildman–Crippen LogP) is -7.47. The van der Waals surface area contributed by atoms with Gasteiger partial charge in [0.1, 0.15) is 54.6 Å². The molecule has 4 aliphatic rings. The number of hydrogen-bond donors (Lipinski definition) is 13. The molecule has 17 N–H and O–H groups in total. The summed E-state index contributed by atoms with van der Waals surface area (Å²) in [4.78, 5) is 0. The van der Waals surface area contributed by atoms with Crippen molar-refractivity contribution in [2.75, 3.05) is 46.0 Å². The standard InChI is InChI=1S/C27H52N6O13/c28-8-15-19(38)20(39)17(31)26(42-15)45-23-16(10-36)43-27(21(23)40)46-24-18(37)14(33-4-6-35)7-13(30)22(24)44-25-12(29)2-1-11(41-25)9-32-3-5-34/h1,12-27,32-40H,2-10,28-31H2/t12-,13+,14-,15+,16-,17-,18+,19-,20-,21-,22-,23-,24-,25-,26-,27+/m1/s1. The highest BCUT2D eigenvalue weighted by Crippen LogP contribution is 2.34. The average Bonchev–Trinajstić information content (AvgIpc) is 3.34. The molecule has 3 aliphatic heterocycles. The Morgan fingerprint density at radius 1 is 0.761 bits per heavy atom. The molecule has 46 heavy (non-hydrogen) atoms. The minimum absolute atomic E-state index is 0.0516. The first-order chi connectivity index (χ1) is 22.0. The fraction of sp³-hybridized carbons (Fsp3) is 0.926. The summed E-state index contributed by atoms with van der Waals surface area (Å²) in [5, 5.41) is 77.8. The van der Waals surface area contributed by atoms with Crippen molar-refractivity contribution >= 4 is 0 Å². The van der Waals surface area contributed by atoms with E-state index in [-0.39, 0.29) is 32.7 Å². The van der Waals surface area contributed by atoms with Crippen molar-refractivity contribution in [3.8, 4) is 0 Å². The predicted molar refractivity (Wildman–Crippen MR) is 157 cm³/mol. The van der Waals surface area contributed by atoms with Gasteiger partial charge in [0.05, 0.1) is 44.6 Å². The Labute approximate surface area is 266 Å². The number of rotatable bonds is 15. The molecule has 0 aromatic rings. The van der Waals surface area contributed by atoms with Gasteiger partial charge in [-0.2, -0.15) is 0 Å². The highest BCUT2D eigenvalue weighted by Gasteiger charge is 2.53. The fourth-order valence-electron chi connectivity index (χ4n) is 6.09. The van der Waals surface area contributed by atoms with Crippen LogP contribution in [0.2, 0.25) is 0 Å². The molecule has 0 aromatic heterocycles. The van der Waals surface area contributed by atoms with E-state index >= 15 is 0 Å². The van der Waals surface area contributed by atoms with Crippen molar-refractivity contribution in [2.24, 2.45) is 22.9 Å². The molecule has 3 fully saturated rings. The van der Waals surface area contributed by atoms with Gasteiger partial charge in [0.15, 0.2) is 12.6 Å². The van der Waals surface area contributed by atoms with E-state index in [2.05, 4.69) is 10.6 Å². The maximum Gasteiger partial charge on any atom is 0.215 e. The topological polar surface area (TPSA) is 325 Å². The van der Waals surface area contributed by atoms with E-state index in [4.69, 9.17) is 56.5 Å². The average molecular weight is 669 g/mol. The van der Waals surface area contributed by atoms with Crippen LogP contribution in [-0.2, 0) is 28.4 Å². The Bertz CT molecular complexity index is 958. The lowest BCUT2D eigenvalue weighted by atomic mass is 9.83. The van der Waals surface area contributed by atoms with Crippen LogP contribution in [-0.4, -0.2) is 180 Å². The van der Waals surface area contributed by atoms with Crippen LogP contribution in [0.4, 0.5) is 0 Å². The van der Waals surface area contributed by atoms with E-state index in [1.165, 1.54) is 0 Å². The third-order valence-electron chi connectivity index (χ3n) is 8.69. The van der Waals surface area contributed by atoms with Gasteiger partial charge < -0.3 is 97.7 Å². The first kappa shape index (κ1) is 37.6. The lowest BCUT2D eigenvalue weighted by Gasteiger charge is -2.46. The lowest BCUT2D eigenvalue weighted by Crippen LogP contribution is -2.66. The normalized spacial score (nSPS) is 45.0. The molecule has 19 nitrogen and oxygen atoms in total. The van der Waals surface area contributed by atoms with Crippen LogP contribution < -0.4 is 33.6 Å². The molecule has 0 amide bonds. The summed E-state index contributed by atoms with van der Waals surface area (Å²) in [5.41, 5.74) is 24.5. The SMILES string of the molecule is NC[C@@H]1O[C@H](O[C@H]2[C@@H](O)[C@H](O[C@@H]3[C@@H](O)[C@H](NCCO)C[C@H](N)[C@H]3O[C@H]3OC(CNCCO)=CC[C@H]3N)O[C@@H]2CO)[C@H](N)[C@@H](O)[C@@H]1O. The van der Waals surface area contributed by atoms with Crippen LogP contribution in [0.5, 0.6) is 0 Å². The zero-order chi connectivity index (χ0) is 33.5. The van der Waals surface area contributed by atoms with Gasteiger partial charge >= 0.3 is 0 Å². The molecule has 2 saturated heterocycles. The Morgan fingerprint density at radius 3 is 2.11 bits per heavy atom. The van der Waals surface area contributed by atoms with Gasteiger partial charge in [-0.3, -0.25) is 0 Å². The van der Waals surface area contributed by atoms with Gasteiger partial charge in [-0.05, 0) is 18.9 Å². The maximum atomic E-state index is 11.4. The Morgan fingerprint density at radius 2 is 1.43 bits per heavy atom. The fourth-order valence-corrected chi connectivity index (χ4v) is 6.09. The van der Waals surface area contributed by atoms with E-state index in [0.29, 0.717) is 25.3 Å². The molecule has 0 radical (unpaired) electrons. The molecule has 3 heterocycles. The van der Waals surface area contributed by atoms with Gasteiger partial charge in [0.2, 0.25) is 6.29 Å². The summed E-state index contributed by atoms with van der Waals surface area (Å²) in [6, 6.07) is -3.19. The summed E-state index contributed by atoms with van der Waals surface area (Å²) < 4.78 is 35.7. The van der Waals surface area contributed by atoms with Crippen molar-refractivity contribution in [1.29, 1.82) is 0 Å². The highest BCUT2D eigenvalue weighted by molar-refractivity contribution is 5.05. The number of aliphatic hydroxyl groups excluding tert-OH is 7. The van der Waals surface area contributed by atoms with Crippen LogP contribution in [0, 0.1) is 0 Å². The molecule has 0 unspecified atom stereocenters. The first-order valence-electron chi connectivity index (χ1n) is 15.6. The minimum Gasteiger partial charge on any atom is -0.467 e. The van der Waals surface area contributed by atoms with Crippen LogP contribution in [0.25, 0.3) is 0 Å². The number of nitrogens with one attached hydrogen (secondary N) is 2. The molecule has 0 spiro atoms. The van der Waals surface area contributed by atoms with Gasteiger partial charge in [-0.25, -0.2) is 0 Å². The van der Waals surface area contributed by atoms with Crippen LogP contribution in [0.15, 0.2) is 11.8 Å². The van der Waals surface area contributed by atoms with Crippen LogP contribution in [0.1, 0.15) is 12.8 Å². The number of aliphatic hydroxyl groups is 7. The molecular weight excluding hydrogens is 616 g/mol. The molecule has 4 rings (SSSR count). The van der Waals surface area contributed by atoms with Crippen molar-refractivity contribution < 1.29 is 64.2 Å². The van der Waals surface area contributed by atoms with Gasteiger partial charge in [0, 0.05) is 31.7 Å². The van der Waals surface area contributed by atoms with Crippen LogP contribution in [0.3, 0.4) is 0 Å². The number of ether oxygens (including phenoxy) is 6. The monoisotopic (exact) mass is 668 g/mol. The summed E-state index contributed by atoms with van der Waals surface area (Å²) in [6.07, 6.45) is -12.7. The van der Waals surface area contributed by atoms with Gasteiger partial charge in [0.25, 0.3) is 0 Å². The van der Waals surface area contributed by atoms with E-state index in [9.17, 15) is 30.6 Å². The van der Waals surface area contributed by atoms with Crippen molar-refractivity contribution in [3.05, 3.63) is 11.8 Å². The Hall–Kier alpha value is -1.18. The van der Waals surface area contributed by atoms with E-state index < -0.39 is 105 Å². The summed E-state index contributed by atoms with van der Waals surface area (Å²) in [5.74, 6) is 0.544. The summed E-state index contributed by atoms with van der Waals surface area (Å²) in [7, 11) is 0. The van der Waals surface area contributed by atoms with Crippen molar-refractivity contribution in [3.63, 3.8) is 0 Å². The smallest absolute Gasteiger partial charge is 0.215 e. The summed E-state index contributed by atoms with van der Waals surface area (Å²) in [6.45, 7) is -0.179. The molecular formula is C27H52N6O13. The Kier molecular flexibility index (Phi) is 14.3. The molecule has 16 atom stereocenters. The third-order valence-corrected chi connectivity index (χ3v) is 8.69. The quantitative estimate of drug-likeness (QED) is 0.0720. The first-order valence-corrected chi connectivity index (χ1v) is 15.6. The van der Waals surface area contributed by atoms with Crippen molar-refractivity contribution in [1.82, 2.24) is 10.6 Å². The second kappa shape index (κ2) is 17.5. The molecule has 19 heteroatoms. The van der Waals surface area contributed by atoms with Crippen LogP contribution >= 0.6 is 0 Å². The zero-order valence-corrected chi connectivity index (χ0v) is 25.6. The second-order valence-electron chi connectivity index (χ2n) is 12.0. The number of nitrogens with two attached hydrogens (primary N) is 4. The lowest BCUT2D eigenvalue weighted by molar-refractivity contribution is -0.282. The zero-order valence-electron chi connectivity index (χ0n) is 25.6. The molecule has 0 bridgehead atoms.